The van der Waals surface area contributed by atoms with E-state index < -0.39 is 0 Å². The molecule has 0 spiro atoms. The highest BCUT2D eigenvalue weighted by molar-refractivity contribution is 5.08. The largest absolute Gasteiger partial charge is 0.247 e. The Morgan fingerprint density at radius 2 is 1.73 bits per heavy atom. The number of hydrogen-bond acceptors (Lipinski definition) is 0. The predicted octanol–water partition coefficient (Wildman–Crippen LogP) is 3.16. The summed E-state index contributed by atoms with van der Waals surface area (Å²) in [6.07, 6.45) is 8.52. The van der Waals surface area contributed by atoms with Gasteiger partial charge in [0.2, 0.25) is 6.33 Å². The number of fused-ring (bicyclic) bond motifs is 1. The van der Waals surface area contributed by atoms with E-state index in [0.29, 0.717) is 0 Å². The van der Waals surface area contributed by atoms with E-state index in [4.69, 9.17) is 0 Å². The molecule has 0 atom stereocenters. The van der Waals surface area contributed by atoms with Crippen molar-refractivity contribution in [1.29, 1.82) is 0 Å². The normalized spacial score (nSPS) is 12.9. The van der Waals surface area contributed by atoms with Gasteiger partial charge in [0.05, 0.1) is 7.05 Å². The van der Waals surface area contributed by atoms with E-state index >= 15 is 0 Å². The lowest BCUT2D eigenvalue weighted by atomic mass is 10.0. The van der Waals surface area contributed by atoms with Gasteiger partial charge in [-0.25, -0.2) is 9.55 Å². The second-order valence-corrected chi connectivity index (χ2v) is 3.72. The smallest absolute Gasteiger partial charge is 0.241 e. The second kappa shape index (κ2) is 8.51. The molecule has 0 saturated heterocycles. The number of nitrogens with one attached hydrogen (secondary N) is 1. The molecule has 2 heteroatoms. The van der Waals surface area contributed by atoms with E-state index in [1.54, 1.807) is 0 Å². The Balaban J connectivity index is 0.000000342. The molecule has 1 aliphatic carbocycles. The number of nitrogens with zero attached hydrogens (tertiary/aromatic N) is 1. The van der Waals surface area contributed by atoms with Gasteiger partial charge in [0.1, 0.15) is 11.4 Å². The molecular formula is C13H27N2+. The standard InChI is InChI=1S/C8H12N2.C3H8.C2H6/c1-10-6-9-7-4-2-3-5-8(7)10;1-3-2;1-2/h6H,2-5H2,1H3;3H2,1-2H3;1-2H3/p+1. The van der Waals surface area contributed by atoms with E-state index in [0.717, 1.165) is 0 Å². The molecule has 0 amide bonds. The molecule has 0 bridgehead atoms. The highest BCUT2D eigenvalue weighted by Gasteiger charge is 2.18. The first kappa shape index (κ1) is 14.2. The number of aryl methyl sites for hydroxylation is 2. The highest BCUT2D eigenvalue weighted by atomic mass is 15.0. The summed E-state index contributed by atoms with van der Waals surface area (Å²) in [5.74, 6) is 0. The Hall–Kier alpha value is -0.790. The van der Waals surface area contributed by atoms with Crippen LogP contribution in [0.4, 0.5) is 0 Å². The van der Waals surface area contributed by atoms with Crippen LogP contribution in [0.1, 0.15) is 58.3 Å². The molecule has 1 aromatic heterocycles. The molecule has 0 aromatic carbocycles. The third-order valence-corrected chi connectivity index (χ3v) is 2.30. The molecule has 88 valence electrons. The Labute approximate surface area is 94.7 Å². The van der Waals surface area contributed by atoms with Crippen LogP contribution in [0.2, 0.25) is 0 Å². The first-order valence-corrected chi connectivity index (χ1v) is 6.34. The molecule has 2 rings (SSSR count). The van der Waals surface area contributed by atoms with E-state index in [2.05, 4.69) is 36.8 Å². The summed E-state index contributed by atoms with van der Waals surface area (Å²) in [5, 5.41) is 0. The average Bonchev–Trinajstić information content (AvgIpc) is 2.65. The fraction of sp³-hybridized carbons (Fsp3) is 0.769. The van der Waals surface area contributed by atoms with Gasteiger partial charge < -0.3 is 0 Å². The molecule has 0 aliphatic heterocycles. The lowest BCUT2D eigenvalue weighted by Gasteiger charge is -2.05. The molecule has 0 fully saturated rings. The number of hydrogen-bond donors (Lipinski definition) is 1. The maximum absolute atomic E-state index is 3.29. The van der Waals surface area contributed by atoms with Crippen LogP contribution in [0.3, 0.4) is 0 Å². The lowest BCUT2D eigenvalue weighted by molar-refractivity contribution is -0.678. The van der Waals surface area contributed by atoms with Crippen LogP contribution in [0, 0.1) is 0 Å². The van der Waals surface area contributed by atoms with Crippen LogP contribution >= 0.6 is 0 Å². The maximum Gasteiger partial charge on any atom is 0.241 e. The topological polar surface area (TPSA) is 19.7 Å². The fourth-order valence-electron chi connectivity index (χ4n) is 1.69. The number of aromatic amines is 1. The van der Waals surface area contributed by atoms with Gasteiger partial charge in [-0.05, 0) is 12.8 Å². The number of H-pyrrole nitrogens is 1. The Morgan fingerprint density at radius 3 is 2.27 bits per heavy atom. The summed E-state index contributed by atoms with van der Waals surface area (Å²) < 4.78 is 2.20. The maximum atomic E-state index is 3.29. The van der Waals surface area contributed by atoms with E-state index in [1.165, 1.54) is 43.5 Å². The number of rotatable bonds is 0. The van der Waals surface area contributed by atoms with Gasteiger partial charge in [-0.2, -0.15) is 0 Å². The Bertz CT molecular complexity index is 251. The Morgan fingerprint density at radius 1 is 1.20 bits per heavy atom. The second-order valence-electron chi connectivity index (χ2n) is 3.72. The van der Waals surface area contributed by atoms with Crippen LogP contribution < -0.4 is 4.57 Å². The molecule has 1 aliphatic rings. The molecule has 15 heavy (non-hydrogen) atoms. The van der Waals surface area contributed by atoms with Crippen molar-refractivity contribution in [3.63, 3.8) is 0 Å². The highest BCUT2D eigenvalue weighted by Crippen LogP contribution is 2.14. The van der Waals surface area contributed by atoms with Crippen molar-refractivity contribution in [2.75, 3.05) is 0 Å². The monoisotopic (exact) mass is 211 g/mol. The minimum absolute atomic E-state index is 1.25. The molecule has 1 N–H and O–H groups in total. The third-order valence-electron chi connectivity index (χ3n) is 2.30. The zero-order valence-corrected chi connectivity index (χ0v) is 11.1. The molecule has 1 aromatic rings. The summed E-state index contributed by atoms with van der Waals surface area (Å²) in [5.41, 5.74) is 2.96. The molecule has 0 unspecified atom stereocenters. The lowest BCUT2D eigenvalue weighted by Crippen LogP contribution is -2.31. The zero-order chi connectivity index (χ0) is 11.7. The summed E-state index contributed by atoms with van der Waals surface area (Å²) in [6.45, 7) is 8.25. The molecule has 2 nitrogen and oxygen atoms in total. The van der Waals surface area contributed by atoms with Crippen LogP contribution in [-0.2, 0) is 19.9 Å². The van der Waals surface area contributed by atoms with Gasteiger partial charge in [0, 0.05) is 12.8 Å². The van der Waals surface area contributed by atoms with Crippen molar-refractivity contribution in [2.24, 2.45) is 7.05 Å². The van der Waals surface area contributed by atoms with Crippen LogP contribution in [-0.4, -0.2) is 4.98 Å². The van der Waals surface area contributed by atoms with Crippen molar-refractivity contribution in [3.05, 3.63) is 17.7 Å². The van der Waals surface area contributed by atoms with Gasteiger partial charge in [0.25, 0.3) is 0 Å². The first-order chi connectivity index (χ1) is 7.29. The van der Waals surface area contributed by atoms with Crippen molar-refractivity contribution in [3.8, 4) is 0 Å². The molecular weight excluding hydrogens is 184 g/mol. The molecule has 0 saturated carbocycles. The third kappa shape index (κ3) is 4.50. The minimum atomic E-state index is 1.25. The van der Waals surface area contributed by atoms with Crippen molar-refractivity contribution in [2.45, 2.75) is 59.8 Å². The van der Waals surface area contributed by atoms with Crippen LogP contribution in [0.15, 0.2) is 6.33 Å². The van der Waals surface area contributed by atoms with E-state index in [9.17, 15) is 0 Å². The van der Waals surface area contributed by atoms with Gasteiger partial charge >= 0.3 is 0 Å². The van der Waals surface area contributed by atoms with E-state index in [-0.39, 0.29) is 0 Å². The van der Waals surface area contributed by atoms with Gasteiger partial charge in [-0.15, -0.1) is 0 Å². The Kier molecular flexibility index (Phi) is 8.06. The quantitative estimate of drug-likeness (QED) is 0.636. The van der Waals surface area contributed by atoms with Crippen molar-refractivity contribution in [1.82, 2.24) is 4.98 Å². The summed E-state index contributed by atoms with van der Waals surface area (Å²) in [6, 6.07) is 0. The van der Waals surface area contributed by atoms with Crippen molar-refractivity contribution >= 4 is 0 Å². The van der Waals surface area contributed by atoms with Crippen molar-refractivity contribution < 1.29 is 4.57 Å². The SMILES string of the molecule is CC.CCC.C[n+]1c[nH]c2c1CCCC2. The number of imidazole rings is 1. The molecule has 1 heterocycles. The van der Waals surface area contributed by atoms with E-state index in [1.807, 2.05) is 13.8 Å². The summed E-state index contributed by atoms with van der Waals surface area (Å²) in [7, 11) is 2.11. The zero-order valence-electron chi connectivity index (χ0n) is 11.1. The van der Waals surface area contributed by atoms with Gasteiger partial charge in [-0.3, -0.25) is 0 Å². The number of aromatic nitrogens is 2. The van der Waals surface area contributed by atoms with Crippen LogP contribution in [0.5, 0.6) is 0 Å². The molecule has 0 radical (unpaired) electrons. The summed E-state index contributed by atoms with van der Waals surface area (Å²) >= 11 is 0. The fourth-order valence-corrected chi connectivity index (χ4v) is 1.69. The van der Waals surface area contributed by atoms with Gasteiger partial charge in [0.15, 0.2) is 0 Å². The predicted molar refractivity (Wildman–Crippen MR) is 65.9 cm³/mol. The minimum Gasteiger partial charge on any atom is -0.247 e. The summed E-state index contributed by atoms with van der Waals surface area (Å²) in [4.78, 5) is 3.29. The first-order valence-electron chi connectivity index (χ1n) is 6.34. The van der Waals surface area contributed by atoms with Gasteiger partial charge in [-0.1, -0.05) is 34.1 Å². The van der Waals surface area contributed by atoms with Crippen LogP contribution in [0.25, 0.3) is 0 Å². The average molecular weight is 211 g/mol.